The predicted octanol–water partition coefficient (Wildman–Crippen LogP) is 2.42. The molecule has 0 aromatic carbocycles. The Morgan fingerprint density at radius 1 is 1.19 bits per heavy atom. The van der Waals surface area contributed by atoms with Gasteiger partial charge in [0.15, 0.2) is 6.29 Å². The molecule has 26 heavy (non-hydrogen) atoms. The number of amides is 1. The number of hydrogen-bond donors (Lipinski definition) is 0. The maximum atomic E-state index is 13.2. The molecule has 0 aliphatic carbocycles. The second kappa shape index (κ2) is 8.33. The Balaban J connectivity index is 1.32. The molecule has 1 aromatic rings. The van der Waals surface area contributed by atoms with Crippen molar-refractivity contribution in [2.45, 2.75) is 57.9 Å². The molecule has 3 saturated heterocycles. The Morgan fingerprint density at radius 2 is 1.96 bits per heavy atom. The molecule has 1 aromatic heterocycles. The first kappa shape index (κ1) is 18.3. The van der Waals surface area contributed by atoms with E-state index in [1.54, 1.807) is 11.3 Å². The van der Waals surface area contributed by atoms with Crippen LogP contribution in [0.15, 0.2) is 5.38 Å². The molecule has 1 atom stereocenters. The molecule has 0 bridgehead atoms. The number of likely N-dealkylation sites (tertiary alicyclic amines) is 2. The van der Waals surface area contributed by atoms with Crippen molar-refractivity contribution in [1.29, 1.82) is 0 Å². The number of ether oxygens (including phenoxy) is 2. The third-order valence-corrected chi connectivity index (χ3v) is 6.61. The summed E-state index contributed by atoms with van der Waals surface area (Å²) >= 11 is 1.71. The van der Waals surface area contributed by atoms with Crippen molar-refractivity contribution in [3.63, 3.8) is 0 Å². The maximum Gasteiger partial charge on any atom is 0.226 e. The van der Waals surface area contributed by atoms with E-state index in [1.165, 1.54) is 0 Å². The van der Waals surface area contributed by atoms with Crippen LogP contribution in [0.1, 0.15) is 42.8 Å². The average molecular weight is 380 g/mol. The van der Waals surface area contributed by atoms with Crippen LogP contribution in [0.25, 0.3) is 0 Å². The van der Waals surface area contributed by atoms with Crippen LogP contribution < -0.4 is 0 Å². The van der Waals surface area contributed by atoms with E-state index in [1.807, 2.05) is 6.92 Å². The van der Waals surface area contributed by atoms with Crippen molar-refractivity contribution in [2.24, 2.45) is 5.92 Å². The first-order valence-electron chi connectivity index (χ1n) is 9.88. The lowest BCUT2D eigenvalue weighted by molar-refractivity contribution is -0.155. The van der Waals surface area contributed by atoms with Gasteiger partial charge in [-0.05, 0) is 52.1 Å². The molecule has 7 heteroatoms. The number of carbonyl (C=O) groups is 1. The van der Waals surface area contributed by atoms with E-state index in [-0.39, 0.29) is 18.2 Å². The Labute approximate surface area is 159 Å². The fourth-order valence-electron chi connectivity index (χ4n) is 4.40. The summed E-state index contributed by atoms with van der Waals surface area (Å²) < 4.78 is 11.4. The van der Waals surface area contributed by atoms with Crippen molar-refractivity contribution in [3.8, 4) is 0 Å². The summed E-state index contributed by atoms with van der Waals surface area (Å²) in [7, 11) is 0. The van der Waals surface area contributed by atoms with Gasteiger partial charge < -0.3 is 14.4 Å². The molecule has 3 aliphatic rings. The van der Waals surface area contributed by atoms with Crippen LogP contribution in [0, 0.1) is 12.8 Å². The highest BCUT2D eigenvalue weighted by molar-refractivity contribution is 7.09. The van der Waals surface area contributed by atoms with Crippen LogP contribution in [0.5, 0.6) is 0 Å². The van der Waals surface area contributed by atoms with Gasteiger partial charge in [-0.1, -0.05) is 0 Å². The van der Waals surface area contributed by atoms with Crippen LogP contribution in [0.4, 0.5) is 0 Å². The fourth-order valence-corrected chi connectivity index (χ4v) is 5.00. The Hall–Kier alpha value is -1.02. The van der Waals surface area contributed by atoms with Crippen LogP contribution in [0.2, 0.25) is 0 Å². The number of piperidine rings is 2. The van der Waals surface area contributed by atoms with Crippen LogP contribution in [-0.4, -0.2) is 65.9 Å². The van der Waals surface area contributed by atoms with Gasteiger partial charge in [0.1, 0.15) is 0 Å². The maximum absolute atomic E-state index is 13.2. The van der Waals surface area contributed by atoms with Gasteiger partial charge in [0, 0.05) is 24.4 Å². The van der Waals surface area contributed by atoms with Crippen LogP contribution in [0.3, 0.4) is 0 Å². The molecule has 0 radical (unpaired) electrons. The van der Waals surface area contributed by atoms with Gasteiger partial charge in [0.2, 0.25) is 5.91 Å². The second-order valence-electron chi connectivity index (χ2n) is 7.61. The van der Waals surface area contributed by atoms with Crippen molar-refractivity contribution in [3.05, 3.63) is 16.1 Å². The number of thiazole rings is 1. The summed E-state index contributed by atoms with van der Waals surface area (Å²) in [6.07, 6.45) is 4.92. The lowest BCUT2D eigenvalue weighted by atomic mass is 9.92. The Kier molecular flexibility index (Phi) is 5.88. The molecule has 144 valence electrons. The van der Waals surface area contributed by atoms with E-state index in [9.17, 15) is 4.79 Å². The summed E-state index contributed by atoms with van der Waals surface area (Å²) in [5.74, 6) is 0.461. The first-order valence-corrected chi connectivity index (χ1v) is 10.8. The number of aromatic nitrogens is 1. The zero-order valence-corrected chi connectivity index (χ0v) is 16.4. The SMILES string of the molecule is Cc1nc(CN2CCC(C(=O)N3CCCCC3C3OCCO3)CC2)cs1. The van der Waals surface area contributed by atoms with Crippen molar-refractivity contribution >= 4 is 17.2 Å². The van der Waals surface area contributed by atoms with Gasteiger partial charge in [-0.25, -0.2) is 4.98 Å². The minimum Gasteiger partial charge on any atom is -0.348 e. The highest BCUT2D eigenvalue weighted by atomic mass is 32.1. The summed E-state index contributed by atoms with van der Waals surface area (Å²) in [5, 5.41) is 3.27. The number of carbonyl (C=O) groups excluding carboxylic acids is 1. The summed E-state index contributed by atoms with van der Waals surface area (Å²) in [6, 6.07) is 0.106. The van der Waals surface area contributed by atoms with Gasteiger partial charge in [-0.2, -0.15) is 0 Å². The summed E-state index contributed by atoms with van der Waals surface area (Å²) in [4.78, 5) is 22.2. The van der Waals surface area contributed by atoms with Crippen molar-refractivity contribution in [1.82, 2.24) is 14.8 Å². The minimum atomic E-state index is -0.216. The second-order valence-corrected chi connectivity index (χ2v) is 8.68. The molecule has 4 heterocycles. The molecule has 6 nitrogen and oxygen atoms in total. The third kappa shape index (κ3) is 4.11. The van der Waals surface area contributed by atoms with Gasteiger partial charge >= 0.3 is 0 Å². The standard InChI is InChI=1S/C19H29N3O3S/c1-14-20-16(13-26-14)12-21-8-5-15(6-9-21)18(23)22-7-3-2-4-17(22)19-24-10-11-25-19/h13,15,17,19H,2-12H2,1H3. The largest absolute Gasteiger partial charge is 0.348 e. The molecule has 4 rings (SSSR count). The van der Waals surface area contributed by atoms with Gasteiger partial charge in [0.05, 0.1) is 30.0 Å². The molecule has 0 N–H and O–H groups in total. The first-order chi connectivity index (χ1) is 12.7. The number of hydrogen-bond acceptors (Lipinski definition) is 6. The third-order valence-electron chi connectivity index (χ3n) is 5.78. The Bertz CT molecular complexity index is 609. The van der Waals surface area contributed by atoms with Crippen LogP contribution >= 0.6 is 11.3 Å². The van der Waals surface area contributed by atoms with Gasteiger partial charge in [0.25, 0.3) is 0 Å². The Morgan fingerprint density at radius 3 is 2.65 bits per heavy atom. The zero-order chi connectivity index (χ0) is 17.9. The highest BCUT2D eigenvalue weighted by Gasteiger charge is 2.39. The zero-order valence-electron chi connectivity index (χ0n) is 15.6. The molecule has 0 spiro atoms. The summed E-state index contributed by atoms with van der Waals surface area (Å²) in [6.45, 7) is 7.05. The molecule has 1 unspecified atom stereocenters. The van der Waals surface area contributed by atoms with E-state index in [4.69, 9.17) is 9.47 Å². The molecular formula is C19H29N3O3S. The van der Waals surface area contributed by atoms with E-state index < -0.39 is 0 Å². The molecule has 1 amide bonds. The van der Waals surface area contributed by atoms with Crippen molar-refractivity contribution in [2.75, 3.05) is 32.8 Å². The average Bonchev–Trinajstić information content (AvgIpc) is 3.34. The van der Waals surface area contributed by atoms with E-state index in [0.29, 0.717) is 19.1 Å². The number of rotatable bonds is 4. The smallest absolute Gasteiger partial charge is 0.226 e. The van der Waals surface area contributed by atoms with E-state index in [2.05, 4.69) is 20.2 Å². The molecule has 0 saturated carbocycles. The lowest BCUT2D eigenvalue weighted by Crippen LogP contribution is -2.53. The number of aryl methyl sites for hydroxylation is 1. The quantitative estimate of drug-likeness (QED) is 0.804. The number of nitrogens with zero attached hydrogens (tertiary/aromatic N) is 3. The predicted molar refractivity (Wildman–Crippen MR) is 99.9 cm³/mol. The van der Waals surface area contributed by atoms with E-state index in [0.717, 1.165) is 69.0 Å². The minimum absolute atomic E-state index is 0.106. The van der Waals surface area contributed by atoms with Crippen LogP contribution in [-0.2, 0) is 20.8 Å². The summed E-state index contributed by atoms with van der Waals surface area (Å²) in [5.41, 5.74) is 1.16. The monoisotopic (exact) mass is 379 g/mol. The normalized spacial score (nSPS) is 26.5. The lowest BCUT2D eigenvalue weighted by Gasteiger charge is -2.41. The van der Waals surface area contributed by atoms with Gasteiger partial charge in [-0.3, -0.25) is 9.69 Å². The highest BCUT2D eigenvalue weighted by Crippen LogP contribution is 2.29. The molecule has 3 fully saturated rings. The van der Waals surface area contributed by atoms with Gasteiger partial charge in [-0.15, -0.1) is 11.3 Å². The fraction of sp³-hybridized carbons (Fsp3) is 0.789. The van der Waals surface area contributed by atoms with E-state index >= 15 is 0 Å². The van der Waals surface area contributed by atoms with Crippen molar-refractivity contribution < 1.29 is 14.3 Å². The topological polar surface area (TPSA) is 54.9 Å². The molecular weight excluding hydrogens is 350 g/mol. The molecule has 3 aliphatic heterocycles.